The maximum atomic E-state index is 6.07. The minimum atomic E-state index is 0.785. The van der Waals surface area contributed by atoms with Gasteiger partial charge < -0.3 is 4.57 Å². The molecule has 0 saturated carbocycles. The van der Waals surface area contributed by atoms with Gasteiger partial charge in [-0.25, -0.2) is 0 Å². The van der Waals surface area contributed by atoms with Gasteiger partial charge in [0.15, 0.2) is 0 Å². The number of aryl methyl sites for hydroxylation is 2. The van der Waals surface area contributed by atoms with Gasteiger partial charge in [0.25, 0.3) is 0 Å². The van der Waals surface area contributed by atoms with Gasteiger partial charge in [0.2, 0.25) is 0 Å². The van der Waals surface area contributed by atoms with Crippen LogP contribution in [0.2, 0.25) is 5.02 Å². The second-order valence-electron chi connectivity index (χ2n) is 3.12. The van der Waals surface area contributed by atoms with Crippen molar-refractivity contribution in [2.75, 3.05) is 0 Å². The van der Waals surface area contributed by atoms with E-state index in [1.807, 2.05) is 18.6 Å². The topological polar surface area (TPSA) is 17.8 Å². The Kier molecular flexibility index (Phi) is 2.00. The number of aromatic nitrogens is 2. The number of halogens is 1. The van der Waals surface area contributed by atoms with Crippen LogP contribution in [0.5, 0.6) is 0 Å². The summed E-state index contributed by atoms with van der Waals surface area (Å²) in [6.07, 6.45) is 5.64. The molecule has 68 valence electrons. The van der Waals surface area contributed by atoms with Gasteiger partial charge in [-0.1, -0.05) is 11.6 Å². The van der Waals surface area contributed by atoms with Crippen LogP contribution in [0.4, 0.5) is 0 Å². The van der Waals surface area contributed by atoms with Crippen LogP contribution in [0, 0.1) is 6.92 Å². The lowest BCUT2D eigenvalue weighted by Crippen LogP contribution is -1.92. The lowest BCUT2D eigenvalue weighted by atomic mass is 10.2. The van der Waals surface area contributed by atoms with Gasteiger partial charge in [-0.2, -0.15) is 0 Å². The normalized spacial score (nSPS) is 11.0. The lowest BCUT2D eigenvalue weighted by molar-refractivity contribution is 0.795. The first-order valence-corrected chi connectivity index (χ1v) is 4.70. The molecular formula is C10H11ClN2. The highest BCUT2D eigenvalue weighted by atomic mass is 35.5. The summed E-state index contributed by atoms with van der Waals surface area (Å²) in [7, 11) is 0. The molecule has 2 aromatic rings. The zero-order chi connectivity index (χ0) is 9.42. The van der Waals surface area contributed by atoms with Gasteiger partial charge in [-0.3, -0.25) is 4.98 Å². The van der Waals surface area contributed by atoms with Gasteiger partial charge in [-0.15, -0.1) is 0 Å². The molecule has 0 amide bonds. The Morgan fingerprint density at radius 3 is 2.92 bits per heavy atom. The minimum absolute atomic E-state index is 0.785. The van der Waals surface area contributed by atoms with Crippen LogP contribution in [-0.4, -0.2) is 9.55 Å². The smallest absolute Gasteiger partial charge is 0.0677 e. The summed E-state index contributed by atoms with van der Waals surface area (Å²) in [5.74, 6) is 0. The van der Waals surface area contributed by atoms with Crippen molar-refractivity contribution >= 4 is 22.5 Å². The quantitative estimate of drug-likeness (QED) is 0.683. The Bertz CT molecular complexity index is 445. The Morgan fingerprint density at radius 2 is 2.23 bits per heavy atom. The zero-order valence-electron chi connectivity index (χ0n) is 7.71. The molecule has 2 nitrogen and oxygen atoms in total. The summed E-state index contributed by atoms with van der Waals surface area (Å²) in [6.45, 7) is 5.10. The van der Waals surface area contributed by atoms with Crippen LogP contribution in [0.1, 0.15) is 12.5 Å². The number of fused-ring (bicyclic) bond motifs is 1. The van der Waals surface area contributed by atoms with E-state index in [-0.39, 0.29) is 0 Å². The van der Waals surface area contributed by atoms with E-state index >= 15 is 0 Å². The Labute approximate surface area is 82.1 Å². The highest BCUT2D eigenvalue weighted by molar-refractivity contribution is 6.35. The number of nitrogens with zero attached hydrogens (tertiary/aromatic N) is 2. The van der Waals surface area contributed by atoms with Crippen molar-refractivity contribution in [1.29, 1.82) is 0 Å². The largest absolute Gasteiger partial charge is 0.346 e. The molecular weight excluding hydrogens is 184 g/mol. The molecule has 0 aromatic carbocycles. The van der Waals surface area contributed by atoms with E-state index in [0.717, 1.165) is 17.0 Å². The average molecular weight is 195 g/mol. The SMILES string of the molecule is CCn1cc(Cl)c2cncc(C)c21. The molecule has 0 unspecified atom stereocenters. The van der Waals surface area contributed by atoms with Crippen LogP contribution in [0.25, 0.3) is 10.9 Å². The van der Waals surface area contributed by atoms with Gasteiger partial charge in [0.05, 0.1) is 10.5 Å². The molecule has 0 saturated heterocycles. The number of pyridine rings is 1. The fourth-order valence-corrected chi connectivity index (χ4v) is 1.89. The summed E-state index contributed by atoms with van der Waals surface area (Å²) >= 11 is 6.07. The molecule has 0 spiro atoms. The molecule has 2 aromatic heterocycles. The van der Waals surface area contributed by atoms with Crippen molar-refractivity contribution in [3.8, 4) is 0 Å². The standard InChI is InChI=1S/C10H11ClN2/c1-3-13-6-9(11)8-5-12-4-7(2)10(8)13/h4-6H,3H2,1-2H3. The molecule has 0 radical (unpaired) electrons. The molecule has 0 bridgehead atoms. The third-order valence-corrected chi connectivity index (χ3v) is 2.56. The molecule has 2 rings (SSSR count). The van der Waals surface area contributed by atoms with E-state index in [1.54, 1.807) is 0 Å². The van der Waals surface area contributed by atoms with Crippen LogP contribution in [0.15, 0.2) is 18.6 Å². The summed E-state index contributed by atoms with van der Waals surface area (Å²) in [5.41, 5.74) is 2.37. The monoisotopic (exact) mass is 194 g/mol. The molecule has 3 heteroatoms. The van der Waals surface area contributed by atoms with Crippen LogP contribution >= 0.6 is 11.6 Å². The molecule has 0 atom stereocenters. The van der Waals surface area contributed by atoms with Crippen LogP contribution < -0.4 is 0 Å². The molecule has 2 heterocycles. The second kappa shape index (κ2) is 3.04. The van der Waals surface area contributed by atoms with Crippen molar-refractivity contribution in [2.24, 2.45) is 0 Å². The average Bonchev–Trinajstić information content (AvgIpc) is 2.45. The zero-order valence-corrected chi connectivity index (χ0v) is 8.47. The second-order valence-corrected chi connectivity index (χ2v) is 3.52. The van der Waals surface area contributed by atoms with E-state index in [9.17, 15) is 0 Å². The van der Waals surface area contributed by atoms with E-state index in [1.165, 1.54) is 11.1 Å². The summed E-state index contributed by atoms with van der Waals surface area (Å²) in [4.78, 5) is 4.12. The predicted molar refractivity (Wildman–Crippen MR) is 55.2 cm³/mol. The first-order chi connectivity index (χ1) is 6.24. The highest BCUT2D eigenvalue weighted by Gasteiger charge is 2.07. The molecule has 0 aliphatic carbocycles. The molecule has 13 heavy (non-hydrogen) atoms. The van der Waals surface area contributed by atoms with Gasteiger partial charge in [0.1, 0.15) is 0 Å². The minimum Gasteiger partial charge on any atom is -0.346 e. The van der Waals surface area contributed by atoms with Gasteiger partial charge in [-0.05, 0) is 19.4 Å². The first kappa shape index (κ1) is 8.57. The molecule has 0 aliphatic rings. The Morgan fingerprint density at radius 1 is 1.46 bits per heavy atom. The van der Waals surface area contributed by atoms with Crippen LogP contribution in [0.3, 0.4) is 0 Å². The fraction of sp³-hybridized carbons (Fsp3) is 0.300. The Balaban J connectivity index is 2.89. The third kappa shape index (κ3) is 1.22. The van der Waals surface area contributed by atoms with E-state index in [2.05, 4.69) is 23.4 Å². The third-order valence-electron chi connectivity index (χ3n) is 2.25. The van der Waals surface area contributed by atoms with Gasteiger partial charge in [0, 0.05) is 30.5 Å². The maximum absolute atomic E-state index is 6.07. The Hall–Kier alpha value is -1.02. The number of hydrogen-bond donors (Lipinski definition) is 0. The fourth-order valence-electron chi connectivity index (χ4n) is 1.63. The van der Waals surface area contributed by atoms with E-state index in [4.69, 9.17) is 11.6 Å². The number of hydrogen-bond acceptors (Lipinski definition) is 1. The van der Waals surface area contributed by atoms with Gasteiger partial charge >= 0.3 is 0 Å². The summed E-state index contributed by atoms with van der Waals surface area (Å²) in [6, 6.07) is 0. The van der Waals surface area contributed by atoms with Crippen LogP contribution in [-0.2, 0) is 6.54 Å². The van der Waals surface area contributed by atoms with Crippen molar-refractivity contribution in [1.82, 2.24) is 9.55 Å². The van der Waals surface area contributed by atoms with Crippen molar-refractivity contribution in [3.63, 3.8) is 0 Å². The summed E-state index contributed by atoms with van der Waals surface area (Å²) < 4.78 is 2.15. The van der Waals surface area contributed by atoms with Crippen molar-refractivity contribution < 1.29 is 0 Å². The van der Waals surface area contributed by atoms with Crippen molar-refractivity contribution in [2.45, 2.75) is 20.4 Å². The maximum Gasteiger partial charge on any atom is 0.0677 e. The first-order valence-electron chi connectivity index (χ1n) is 4.33. The predicted octanol–water partition coefficient (Wildman–Crippen LogP) is 3.02. The lowest BCUT2D eigenvalue weighted by Gasteiger charge is -2.02. The molecule has 0 aliphatic heterocycles. The molecule has 0 fully saturated rings. The highest BCUT2D eigenvalue weighted by Crippen LogP contribution is 2.26. The molecule has 0 N–H and O–H groups in total. The number of rotatable bonds is 1. The van der Waals surface area contributed by atoms with E-state index in [0.29, 0.717) is 0 Å². The van der Waals surface area contributed by atoms with E-state index < -0.39 is 0 Å². The van der Waals surface area contributed by atoms with Crippen molar-refractivity contribution in [3.05, 3.63) is 29.2 Å². The summed E-state index contributed by atoms with van der Waals surface area (Å²) in [5, 5.41) is 1.83.